The first-order valence-electron chi connectivity index (χ1n) is 11.7. The van der Waals surface area contributed by atoms with Gasteiger partial charge in [-0.15, -0.1) is 0 Å². The molecule has 0 aliphatic heterocycles. The summed E-state index contributed by atoms with van der Waals surface area (Å²) >= 11 is 0. The number of aryl methyl sites for hydroxylation is 1. The van der Waals surface area contributed by atoms with Gasteiger partial charge in [0, 0.05) is 32.3 Å². The SMILES string of the molecule is CCOCC(O)CN(Cc1c(C)nn(-c2ccccc2)c1Oc1ccc(F)cc1F)CC1CC1. The van der Waals surface area contributed by atoms with Crippen molar-refractivity contribution in [1.29, 1.82) is 0 Å². The number of ether oxygens (including phenoxy) is 2. The van der Waals surface area contributed by atoms with E-state index in [4.69, 9.17) is 9.47 Å². The highest BCUT2D eigenvalue weighted by atomic mass is 19.1. The van der Waals surface area contributed by atoms with Crippen molar-refractivity contribution < 1.29 is 23.4 Å². The van der Waals surface area contributed by atoms with Gasteiger partial charge in [-0.25, -0.2) is 13.5 Å². The van der Waals surface area contributed by atoms with Crippen LogP contribution in [0.4, 0.5) is 8.78 Å². The van der Waals surface area contributed by atoms with E-state index < -0.39 is 17.7 Å². The van der Waals surface area contributed by atoms with Crippen LogP contribution in [-0.2, 0) is 11.3 Å². The molecule has 0 bridgehead atoms. The van der Waals surface area contributed by atoms with E-state index in [0.717, 1.165) is 35.6 Å². The zero-order valence-electron chi connectivity index (χ0n) is 19.6. The van der Waals surface area contributed by atoms with Crippen LogP contribution < -0.4 is 4.74 Å². The minimum atomic E-state index is -0.786. The molecule has 1 unspecified atom stereocenters. The molecule has 0 amide bonds. The van der Waals surface area contributed by atoms with E-state index in [9.17, 15) is 13.9 Å². The molecule has 0 spiro atoms. The van der Waals surface area contributed by atoms with Gasteiger partial charge in [-0.1, -0.05) is 18.2 Å². The second-order valence-electron chi connectivity index (χ2n) is 8.74. The molecule has 1 fully saturated rings. The molecular weight excluding hydrogens is 440 g/mol. The summed E-state index contributed by atoms with van der Waals surface area (Å²) < 4.78 is 41.0. The molecular formula is C26H31F2N3O3. The number of halogens is 2. The van der Waals surface area contributed by atoms with Crippen molar-refractivity contribution >= 4 is 0 Å². The number of hydrogen-bond acceptors (Lipinski definition) is 5. The lowest BCUT2D eigenvalue weighted by molar-refractivity contribution is 0.0186. The van der Waals surface area contributed by atoms with Gasteiger partial charge in [0.2, 0.25) is 5.88 Å². The van der Waals surface area contributed by atoms with E-state index in [-0.39, 0.29) is 12.4 Å². The summed E-state index contributed by atoms with van der Waals surface area (Å²) in [6.07, 6.45) is 1.72. The van der Waals surface area contributed by atoms with Crippen LogP contribution in [-0.4, -0.2) is 52.2 Å². The molecule has 1 aromatic heterocycles. The summed E-state index contributed by atoms with van der Waals surface area (Å²) in [5.41, 5.74) is 2.29. The average Bonchev–Trinajstić information content (AvgIpc) is 3.58. The maximum absolute atomic E-state index is 14.5. The first-order chi connectivity index (χ1) is 16.4. The minimum Gasteiger partial charge on any atom is -0.435 e. The Balaban J connectivity index is 1.67. The molecule has 6 nitrogen and oxygen atoms in total. The van der Waals surface area contributed by atoms with E-state index in [1.54, 1.807) is 4.68 Å². The smallest absolute Gasteiger partial charge is 0.227 e. The zero-order chi connectivity index (χ0) is 24.1. The fraction of sp³-hybridized carbons (Fsp3) is 0.423. The lowest BCUT2D eigenvalue weighted by Gasteiger charge is -2.25. The third-order valence-electron chi connectivity index (χ3n) is 5.82. The lowest BCUT2D eigenvalue weighted by atomic mass is 10.2. The van der Waals surface area contributed by atoms with E-state index >= 15 is 0 Å². The second-order valence-corrected chi connectivity index (χ2v) is 8.74. The number of aromatic nitrogens is 2. The number of benzene rings is 2. The number of aliphatic hydroxyl groups is 1. The maximum Gasteiger partial charge on any atom is 0.227 e. The van der Waals surface area contributed by atoms with E-state index in [0.29, 0.717) is 31.5 Å². The van der Waals surface area contributed by atoms with Gasteiger partial charge in [0.15, 0.2) is 11.6 Å². The highest BCUT2D eigenvalue weighted by molar-refractivity contribution is 5.43. The van der Waals surface area contributed by atoms with Crippen molar-refractivity contribution in [3.8, 4) is 17.3 Å². The number of hydrogen-bond donors (Lipinski definition) is 1. The molecule has 34 heavy (non-hydrogen) atoms. The van der Waals surface area contributed by atoms with Crippen LogP contribution in [0.1, 0.15) is 31.0 Å². The van der Waals surface area contributed by atoms with Crippen LogP contribution in [0.3, 0.4) is 0 Å². The fourth-order valence-corrected chi connectivity index (χ4v) is 3.93. The summed E-state index contributed by atoms with van der Waals surface area (Å²) in [7, 11) is 0. The zero-order valence-corrected chi connectivity index (χ0v) is 19.6. The van der Waals surface area contributed by atoms with Crippen molar-refractivity contribution in [2.75, 3.05) is 26.3 Å². The molecule has 0 saturated heterocycles. The Morgan fingerprint density at radius 1 is 1.18 bits per heavy atom. The Bertz CT molecular complexity index is 1090. The Labute approximate surface area is 198 Å². The van der Waals surface area contributed by atoms with Crippen LogP contribution in [0.2, 0.25) is 0 Å². The fourth-order valence-electron chi connectivity index (χ4n) is 3.93. The van der Waals surface area contributed by atoms with Crippen LogP contribution in [0.25, 0.3) is 5.69 Å². The molecule has 1 atom stereocenters. The summed E-state index contributed by atoms with van der Waals surface area (Å²) in [6, 6.07) is 12.7. The Morgan fingerprint density at radius 3 is 2.62 bits per heavy atom. The average molecular weight is 472 g/mol. The summed E-state index contributed by atoms with van der Waals surface area (Å²) in [6.45, 7) is 6.34. The van der Waals surface area contributed by atoms with Crippen LogP contribution in [0.5, 0.6) is 11.6 Å². The van der Waals surface area contributed by atoms with Crippen LogP contribution in [0.15, 0.2) is 48.5 Å². The lowest BCUT2D eigenvalue weighted by Crippen LogP contribution is -2.36. The highest BCUT2D eigenvalue weighted by Crippen LogP contribution is 2.35. The normalized spacial score (nSPS) is 14.5. The van der Waals surface area contributed by atoms with Gasteiger partial charge in [0.1, 0.15) is 5.82 Å². The van der Waals surface area contributed by atoms with Crippen LogP contribution in [0, 0.1) is 24.5 Å². The third-order valence-corrected chi connectivity index (χ3v) is 5.82. The Morgan fingerprint density at radius 2 is 1.94 bits per heavy atom. The molecule has 1 aliphatic rings. The van der Waals surface area contributed by atoms with Crippen molar-refractivity contribution in [2.24, 2.45) is 5.92 Å². The quantitative estimate of drug-likeness (QED) is 0.409. The third kappa shape index (κ3) is 6.20. The Hall–Kier alpha value is -2.81. The molecule has 1 aliphatic carbocycles. The molecule has 1 N–H and O–H groups in total. The predicted molar refractivity (Wildman–Crippen MR) is 125 cm³/mol. The topological polar surface area (TPSA) is 59.8 Å². The molecule has 182 valence electrons. The monoisotopic (exact) mass is 471 g/mol. The van der Waals surface area contributed by atoms with E-state index in [1.807, 2.05) is 44.2 Å². The van der Waals surface area contributed by atoms with Crippen molar-refractivity contribution in [3.05, 3.63) is 71.4 Å². The first-order valence-corrected chi connectivity index (χ1v) is 11.7. The summed E-state index contributed by atoms with van der Waals surface area (Å²) in [5.74, 6) is -0.565. The molecule has 8 heteroatoms. The van der Waals surface area contributed by atoms with Gasteiger partial charge in [-0.05, 0) is 56.9 Å². The summed E-state index contributed by atoms with van der Waals surface area (Å²) in [5, 5.41) is 15.2. The van der Waals surface area contributed by atoms with Gasteiger partial charge in [0.25, 0.3) is 0 Å². The summed E-state index contributed by atoms with van der Waals surface area (Å²) in [4.78, 5) is 2.18. The second kappa shape index (κ2) is 11.1. The first kappa shape index (κ1) is 24.3. The van der Waals surface area contributed by atoms with Crippen LogP contribution >= 0.6 is 0 Å². The maximum atomic E-state index is 14.5. The standard InChI is InChI=1S/C26H31F2N3O3/c1-3-33-17-22(32)15-30(14-19-9-10-19)16-23-18(2)29-31(21-7-5-4-6-8-21)26(23)34-25-12-11-20(27)13-24(25)28/h4-8,11-13,19,22,32H,3,9-10,14-17H2,1-2H3. The largest absolute Gasteiger partial charge is 0.435 e. The molecule has 0 radical (unpaired) electrons. The molecule has 1 heterocycles. The van der Waals surface area contributed by atoms with E-state index in [1.165, 1.54) is 18.9 Å². The molecule has 3 aromatic rings. The van der Waals surface area contributed by atoms with Gasteiger partial charge in [-0.2, -0.15) is 5.10 Å². The minimum absolute atomic E-state index is 0.0788. The number of nitrogens with zero attached hydrogens (tertiary/aromatic N) is 3. The van der Waals surface area contributed by atoms with E-state index in [2.05, 4.69) is 10.00 Å². The number of rotatable bonds is 12. The predicted octanol–water partition coefficient (Wildman–Crippen LogP) is 4.86. The van der Waals surface area contributed by atoms with Gasteiger partial charge >= 0.3 is 0 Å². The number of aliphatic hydroxyl groups excluding tert-OH is 1. The van der Waals surface area contributed by atoms with Crippen molar-refractivity contribution in [2.45, 2.75) is 39.3 Å². The molecule has 2 aromatic carbocycles. The Kier molecular flexibility index (Phi) is 7.92. The molecule has 4 rings (SSSR count). The highest BCUT2D eigenvalue weighted by Gasteiger charge is 2.28. The van der Waals surface area contributed by atoms with Crippen molar-refractivity contribution in [1.82, 2.24) is 14.7 Å². The van der Waals surface area contributed by atoms with Gasteiger partial charge in [0.05, 0.1) is 29.7 Å². The van der Waals surface area contributed by atoms with Gasteiger partial charge < -0.3 is 14.6 Å². The van der Waals surface area contributed by atoms with Gasteiger partial charge in [-0.3, -0.25) is 4.90 Å². The van der Waals surface area contributed by atoms with Crippen molar-refractivity contribution in [3.63, 3.8) is 0 Å². The number of para-hydroxylation sites is 1. The molecule has 1 saturated carbocycles.